The summed E-state index contributed by atoms with van der Waals surface area (Å²) in [6.07, 6.45) is -0.0764. The standard InChI is InChI=1S/C20H18BrNO2S/c1-13(14-3-2-4-15(21)11-14)24-17-7-10-20(19(22)12-17)25-18-8-5-16(23)6-9-18/h2-13,23H,22H2,1H3/t13-/m0/s1. The van der Waals surface area contributed by atoms with Crippen molar-refractivity contribution in [2.75, 3.05) is 5.73 Å². The number of rotatable bonds is 5. The summed E-state index contributed by atoms with van der Waals surface area (Å²) in [6, 6.07) is 20.8. The second-order valence-corrected chi connectivity index (χ2v) is 7.64. The molecule has 0 saturated carbocycles. The van der Waals surface area contributed by atoms with E-state index in [2.05, 4.69) is 15.9 Å². The highest BCUT2D eigenvalue weighted by atomic mass is 79.9. The van der Waals surface area contributed by atoms with E-state index in [-0.39, 0.29) is 11.9 Å². The minimum Gasteiger partial charge on any atom is -0.508 e. The van der Waals surface area contributed by atoms with Crippen molar-refractivity contribution in [1.82, 2.24) is 0 Å². The molecule has 3 nitrogen and oxygen atoms in total. The Morgan fingerprint density at radius 1 is 1.04 bits per heavy atom. The maximum absolute atomic E-state index is 9.36. The van der Waals surface area contributed by atoms with Crippen LogP contribution in [0.3, 0.4) is 0 Å². The fourth-order valence-corrected chi connectivity index (χ4v) is 3.62. The highest BCUT2D eigenvalue weighted by Crippen LogP contribution is 2.35. The zero-order valence-electron chi connectivity index (χ0n) is 13.6. The molecule has 0 aromatic heterocycles. The normalized spacial score (nSPS) is 11.9. The van der Waals surface area contributed by atoms with Crippen molar-refractivity contribution in [1.29, 1.82) is 0 Å². The average Bonchev–Trinajstić information content (AvgIpc) is 2.59. The van der Waals surface area contributed by atoms with Gasteiger partial charge in [-0.25, -0.2) is 0 Å². The molecule has 0 unspecified atom stereocenters. The van der Waals surface area contributed by atoms with Crippen molar-refractivity contribution in [2.24, 2.45) is 0 Å². The van der Waals surface area contributed by atoms with Gasteiger partial charge in [0.1, 0.15) is 17.6 Å². The molecule has 3 N–H and O–H groups in total. The van der Waals surface area contributed by atoms with E-state index in [1.165, 1.54) is 0 Å². The highest BCUT2D eigenvalue weighted by Gasteiger charge is 2.10. The molecule has 0 spiro atoms. The first kappa shape index (κ1) is 17.7. The van der Waals surface area contributed by atoms with Crippen LogP contribution in [0.15, 0.2) is 81.0 Å². The molecule has 0 heterocycles. The Hall–Kier alpha value is -2.11. The van der Waals surface area contributed by atoms with Crippen LogP contribution in [-0.2, 0) is 0 Å². The monoisotopic (exact) mass is 415 g/mol. The minimum atomic E-state index is -0.0764. The van der Waals surface area contributed by atoms with Crippen LogP contribution in [0.2, 0.25) is 0 Å². The Morgan fingerprint density at radius 3 is 2.48 bits per heavy atom. The van der Waals surface area contributed by atoms with E-state index < -0.39 is 0 Å². The van der Waals surface area contributed by atoms with Gasteiger partial charge in [-0.1, -0.05) is 39.8 Å². The third kappa shape index (κ3) is 4.71. The van der Waals surface area contributed by atoms with E-state index in [0.717, 1.165) is 25.6 Å². The van der Waals surface area contributed by atoms with Crippen LogP contribution in [0.25, 0.3) is 0 Å². The quantitative estimate of drug-likeness (QED) is 0.499. The maximum Gasteiger partial charge on any atom is 0.122 e. The molecular formula is C20H18BrNO2S. The Labute approximate surface area is 160 Å². The molecule has 0 fully saturated rings. The van der Waals surface area contributed by atoms with E-state index >= 15 is 0 Å². The zero-order chi connectivity index (χ0) is 17.8. The van der Waals surface area contributed by atoms with Crippen molar-refractivity contribution in [3.8, 4) is 11.5 Å². The summed E-state index contributed by atoms with van der Waals surface area (Å²) < 4.78 is 7.04. The molecule has 0 bridgehead atoms. The maximum atomic E-state index is 9.36. The van der Waals surface area contributed by atoms with Crippen LogP contribution < -0.4 is 10.5 Å². The molecule has 0 saturated heterocycles. The topological polar surface area (TPSA) is 55.5 Å². The summed E-state index contributed by atoms with van der Waals surface area (Å²) in [6.45, 7) is 2.01. The predicted molar refractivity (Wildman–Crippen MR) is 106 cm³/mol. The summed E-state index contributed by atoms with van der Waals surface area (Å²) in [5, 5.41) is 9.36. The van der Waals surface area contributed by atoms with Crippen molar-refractivity contribution < 1.29 is 9.84 Å². The molecule has 0 aliphatic heterocycles. The molecule has 128 valence electrons. The number of ether oxygens (including phenoxy) is 1. The van der Waals surface area contributed by atoms with Gasteiger partial charge in [-0.3, -0.25) is 0 Å². The number of nitrogen functional groups attached to an aromatic ring is 1. The highest BCUT2D eigenvalue weighted by molar-refractivity contribution is 9.10. The number of phenols is 1. The molecule has 0 radical (unpaired) electrons. The molecule has 0 aliphatic rings. The Balaban J connectivity index is 1.72. The van der Waals surface area contributed by atoms with Crippen LogP contribution in [0.4, 0.5) is 5.69 Å². The molecule has 3 aromatic carbocycles. The fourth-order valence-electron chi connectivity index (χ4n) is 2.37. The van der Waals surface area contributed by atoms with Crippen molar-refractivity contribution in [2.45, 2.75) is 22.8 Å². The number of phenolic OH excluding ortho intramolecular Hbond substituents is 1. The Kier molecular flexibility index (Phi) is 5.56. The third-order valence-corrected chi connectivity index (χ3v) is 5.27. The van der Waals surface area contributed by atoms with Crippen LogP contribution in [0.5, 0.6) is 11.5 Å². The zero-order valence-corrected chi connectivity index (χ0v) is 16.0. The molecule has 1 atom stereocenters. The lowest BCUT2D eigenvalue weighted by Gasteiger charge is -2.16. The van der Waals surface area contributed by atoms with Gasteiger partial charge in [0.2, 0.25) is 0 Å². The van der Waals surface area contributed by atoms with Gasteiger partial charge < -0.3 is 15.6 Å². The van der Waals surface area contributed by atoms with Gasteiger partial charge in [-0.15, -0.1) is 0 Å². The summed E-state index contributed by atoms with van der Waals surface area (Å²) in [7, 11) is 0. The number of aromatic hydroxyl groups is 1. The van der Waals surface area contributed by atoms with Gasteiger partial charge in [0, 0.05) is 26.0 Å². The SMILES string of the molecule is C[C@H](Oc1ccc(Sc2ccc(O)cc2)c(N)c1)c1cccc(Br)c1. The van der Waals surface area contributed by atoms with Crippen LogP contribution >= 0.6 is 27.7 Å². The van der Waals surface area contributed by atoms with Gasteiger partial charge in [0.25, 0.3) is 0 Å². The van der Waals surface area contributed by atoms with Gasteiger partial charge in [0.15, 0.2) is 0 Å². The molecule has 0 amide bonds. The predicted octanol–water partition coefficient (Wildman–Crippen LogP) is 6.03. The van der Waals surface area contributed by atoms with E-state index in [9.17, 15) is 5.11 Å². The Morgan fingerprint density at radius 2 is 1.80 bits per heavy atom. The van der Waals surface area contributed by atoms with E-state index in [0.29, 0.717) is 5.69 Å². The summed E-state index contributed by atoms with van der Waals surface area (Å²) in [4.78, 5) is 1.97. The van der Waals surface area contributed by atoms with Gasteiger partial charge >= 0.3 is 0 Å². The molecule has 3 rings (SSSR count). The van der Waals surface area contributed by atoms with Crippen molar-refractivity contribution >= 4 is 33.4 Å². The van der Waals surface area contributed by atoms with Crippen molar-refractivity contribution in [3.63, 3.8) is 0 Å². The fraction of sp³-hybridized carbons (Fsp3) is 0.100. The second kappa shape index (κ2) is 7.85. The van der Waals surface area contributed by atoms with Gasteiger partial charge in [-0.2, -0.15) is 0 Å². The summed E-state index contributed by atoms with van der Waals surface area (Å²) in [5.41, 5.74) is 7.94. The summed E-state index contributed by atoms with van der Waals surface area (Å²) >= 11 is 5.03. The van der Waals surface area contributed by atoms with E-state index in [1.807, 2.05) is 61.5 Å². The number of nitrogens with two attached hydrogens (primary N) is 1. The lowest BCUT2D eigenvalue weighted by Crippen LogP contribution is -2.03. The van der Waals surface area contributed by atoms with Crippen LogP contribution in [-0.4, -0.2) is 5.11 Å². The van der Waals surface area contributed by atoms with E-state index in [4.69, 9.17) is 10.5 Å². The lowest BCUT2D eigenvalue weighted by molar-refractivity contribution is 0.227. The molecule has 0 aliphatic carbocycles. The lowest BCUT2D eigenvalue weighted by atomic mass is 10.1. The molecule has 25 heavy (non-hydrogen) atoms. The summed E-state index contributed by atoms with van der Waals surface area (Å²) in [5.74, 6) is 0.989. The second-order valence-electron chi connectivity index (χ2n) is 5.61. The first-order chi connectivity index (χ1) is 12.0. The smallest absolute Gasteiger partial charge is 0.122 e. The largest absolute Gasteiger partial charge is 0.508 e. The average molecular weight is 416 g/mol. The first-order valence-corrected chi connectivity index (χ1v) is 9.41. The number of hydrogen-bond acceptors (Lipinski definition) is 4. The van der Waals surface area contributed by atoms with Crippen molar-refractivity contribution in [3.05, 3.63) is 76.8 Å². The first-order valence-electron chi connectivity index (χ1n) is 7.80. The van der Waals surface area contributed by atoms with E-state index in [1.54, 1.807) is 23.9 Å². The number of benzene rings is 3. The third-order valence-electron chi connectivity index (χ3n) is 3.68. The number of anilines is 1. The van der Waals surface area contributed by atoms with Crippen LogP contribution in [0, 0.1) is 0 Å². The van der Waals surface area contributed by atoms with Crippen LogP contribution in [0.1, 0.15) is 18.6 Å². The molecule has 5 heteroatoms. The van der Waals surface area contributed by atoms with Gasteiger partial charge in [0.05, 0.1) is 0 Å². The number of hydrogen-bond donors (Lipinski definition) is 2. The molecular weight excluding hydrogens is 398 g/mol. The Bertz CT molecular complexity index is 868. The molecule has 3 aromatic rings. The number of halogens is 1. The minimum absolute atomic E-state index is 0.0764. The van der Waals surface area contributed by atoms with Gasteiger partial charge in [-0.05, 0) is 61.0 Å².